The predicted octanol–water partition coefficient (Wildman–Crippen LogP) is 2.06. The van der Waals surface area contributed by atoms with E-state index < -0.39 is 26.6 Å². The Balaban J connectivity index is 1.89. The third-order valence-electron chi connectivity index (χ3n) is 5.66. The number of aromatic hydroxyl groups is 1. The second-order valence-corrected chi connectivity index (χ2v) is 9.51. The summed E-state index contributed by atoms with van der Waals surface area (Å²) in [4.78, 5) is 29.0. The summed E-state index contributed by atoms with van der Waals surface area (Å²) in [5.74, 6) is -0.581. The first-order valence-electron chi connectivity index (χ1n) is 10.6. The van der Waals surface area contributed by atoms with Gasteiger partial charge in [-0.2, -0.15) is 0 Å². The van der Waals surface area contributed by atoms with Crippen molar-refractivity contribution in [2.45, 2.75) is 63.2 Å². The van der Waals surface area contributed by atoms with Crippen LogP contribution in [0.5, 0.6) is 5.75 Å². The fraction of sp³-hybridized carbons (Fsp3) is 0.524. The molecule has 3 N–H and O–H groups in total. The van der Waals surface area contributed by atoms with E-state index in [2.05, 4.69) is 10.6 Å². The number of sulfonamides is 1. The number of nitrogens with zero attached hydrogens (tertiary/aromatic N) is 1. The lowest BCUT2D eigenvalue weighted by Crippen LogP contribution is -2.42. The molecule has 1 saturated heterocycles. The van der Waals surface area contributed by atoms with Gasteiger partial charge in [-0.1, -0.05) is 17.5 Å². The molecule has 10 nitrogen and oxygen atoms in total. The van der Waals surface area contributed by atoms with Crippen molar-refractivity contribution in [1.29, 1.82) is 0 Å². The molecule has 0 aromatic heterocycles. The van der Waals surface area contributed by atoms with Crippen LogP contribution in [0.4, 0.5) is 17.1 Å². The summed E-state index contributed by atoms with van der Waals surface area (Å²) in [5, 5.41) is 16.5. The van der Waals surface area contributed by atoms with Crippen LogP contribution in [0.2, 0.25) is 0 Å². The third kappa shape index (κ3) is 4.38. The van der Waals surface area contributed by atoms with Crippen LogP contribution >= 0.6 is 0 Å². The van der Waals surface area contributed by atoms with Gasteiger partial charge in [0.1, 0.15) is 16.3 Å². The minimum Gasteiger partial charge on any atom is -0.504 e. The van der Waals surface area contributed by atoms with Gasteiger partial charge in [-0.05, 0) is 45.2 Å². The summed E-state index contributed by atoms with van der Waals surface area (Å²) < 4.78 is 32.1. The molecule has 3 atom stereocenters. The number of anilines is 3. The molecule has 1 aliphatic rings. The lowest BCUT2D eigenvalue weighted by atomic mass is 10.0. The maximum atomic E-state index is 12.7. The van der Waals surface area contributed by atoms with Crippen molar-refractivity contribution in [2.75, 3.05) is 24.3 Å². The molecular weight excluding hydrogens is 438 g/mol. The molecule has 0 radical (unpaired) electrons. The van der Waals surface area contributed by atoms with E-state index >= 15 is 0 Å². The number of rotatable bonds is 10. The minimum atomic E-state index is -4.13. The van der Waals surface area contributed by atoms with Crippen molar-refractivity contribution in [3.8, 4) is 5.75 Å². The van der Waals surface area contributed by atoms with Crippen molar-refractivity contribution in [3.63, 3.8) is 0 Å². The van der Waals surface area contributed by atoms with E-state index in [1.807, 2.05) is 13.8 Å². The van der Waals surface area contributed by atoms with Crippen LogP contribution in [0.3, 0.4) is 0 Å². The van der Waals surface area contributed by atoms with Crippen molar-refractivity contribution >= 4 is 27.1 Å². The third-order valence-corrected chi connectivity index (χ3v) is 7.49. The Labute approximate surface area is 186 Å². The van der Waals surface area contributed by atoms with Gasteiger partial charge in [0.15, 0.2) is 5.75 Å². The molecule has 11 heteroatoms. The van der Waals surface area contributed by atoms with Crippen LogP contribution in [-0.4, -0.2) is 49.9 Å². The zero-order chi connectivity index (χ0) is 23.6. The second kappa shape index (κ2) is 9.57. The molecule has 2 aromatic rings. The smallest absolute Gasteiger partial charge is 0.268 e. The Kier molecular flexibility index (Phi) is 7.23. The van der Waals surface area contributed by atoms with Gasteiger partial charge in [0.25, 0.3) is 20.9 Å². The van der Waals surface area contributed by atoms with Gasteiger partial charge in [-0.15, -0.1) is 0 Å². The van der Waals surface area contributed by atoms with Crippen LogP contribution in [0, 0.1) is 0 Å². The Morgan fingerprint density at radius 1 is 1.22 bits per heavy atom. The van der Waals surface area contributed by atoms with Gasteiger partial charge >= 0.3 is 0 Å². The molecule has 1 unspecified atom stereocenters. The number of hydroxylamine groups is 1. The zero-order valence-electron chi connectivity index (χ0n) is 18.5. The monoisotopic (exact) mass is 467 g/mol. The SMILES string of the molecule is CC[C@@H](Nc1c(Nc2cccc(S(=O)(=O)N(CC)OC)c2O)c(=O)c1=O)C1CC[C@@H](C)O1. The average molecular weight is 468 g/mol. The van der Waals surface area contributed by atoms with E-state index in [0.29, 0.717) is 6.42 Å². The number of hydrogen-bond acceptors (Lipinski definition) is 9. The van der Waals surface area contributed by atoms with Crippen LogP contribution in [0.15, 0.2) is 32.7 Å². The predicted molar refractivity (Wildman–Crippen MR) is 121 cm³/mol. The first-order chi connectivity index (χ1) is 15.1. The molecule has 32 heavy (non-hydrogen) atoms. The van der Waals surface area contributed by atoms with Crippen LogP contribution in [-0.2, 0) is 19.6 Å². The maximum absolute atomic E-state index is 12.7. The summed E-state index contributed by atoms with van der Waals surface area (Å²) in [7, 11) is -2.93. The number of ether oxygens (including phenoxy) is 1. The highest BCUT2D eigenvalue weighted by Crippen LogP contribution is 2.36. The zero-order valence-corrected chi connectivity index (χ0v) is 19.4. The van der Waals surface area contributed by atoms with Crippen molar-refractivity contribution < 1.29 is 23.1 Å². The molecule has 176 valence electrons. The van der Waals surface area contributed by atoms with E-state index in [1.54, 1.807) is 6.92 Å². The highest BCUT2D eigenvalue weighted by molar-refractivity contribution is 7.89. The molecule has 3 rings (SSSR count). The summed E-state index contributed by atoms with van der Waals surface area (Å²) >= 11 is 0. The van der Waals surface area contributed by atoms with Crippen LogP contribution in [0.25, 0.3) is 0 Å². The standard InChI is InChI=1S/C21H29N3O7S/c1-5-13(15-11-10-12(3)31-15)22-17-18(21(27)20(17)26)23-14-8-7-9-16(19(14)25)32(28,29)24(6-2)30-4/h7-9,12-13,15,22-23,25H,5-6,10-11H2,1-4H3/t12-,13-,15?/m1/s1. The van der Waals surface area contributed by atoms with Gasteiger partial charge in [0.2, 0.25) is 0 Å². The van der Waals surface area contributed by atoms with Gasteiger partial charge < -0.3 is 20.5 Å². The number of hydrogen-bond donors (Lipinski definition) is 3. The number of para-hydroxylation sites is 1. The first-order valence-corrected chi connectivity index (χ1v) is 12.0. The quantitative estimate of drug-likeness (QED) is 0.273. The van der Waals surface area contributed by atoms with Gasteiger partial charge in [0.05, 0.1) is 31.0 Å². The summed E-state index contributed by atoms with van der Waals surface area (Å²) in [6.45, 7) is 5.56. The molecular formula is C21H29N3O7S. The second-order valence-electron chi connectivity index (χ2n) is 7.71. The molecule has 0 spiro atoms. The Morgan fingerprint density at radius 3 is 2.47 bits per heavy atom. The number of nitrogens with one attached hydrogen (secondary N) is 2. The van der Waals surface area contributed by atoms with E-state index in [1.165, 1.54) is 25.3 Å². The first kappa shape index (κ1) is 24.2. The van der Waals surface area contributed by atoms with E-state index in [9.17, 15) is 23.1 Å². The Hall–Kier alpha value is -2.47. The highest BCUT2D eigenvalue weighted by atomic mass is 32.2. The van der Waals surface area contributed by atoms with E-state index in [4.69, 9.17) is 9.57 Å². The molecule has 1 heterocycles. The van der Waals surface area contributed by atoms with Crippen LogP contribution in [0.1, 0.15) is 40.0 Å². The normalized spacial score (nSPS) is 20.0. The lowest BCUT2D eigenvalue weighted by Gasteiger charge is -2.26. The van der Waals surface area contributed by atoms with Crippen molar-refractivity contribution in [2.24, 2.45) is 0 Å². The number of phenolic OH excluding ortho intramolecular Hbond substituents is 1. The molecule has 0 aliphatic carbocycles. The van der Waals surface area contributed by atoms with Gasteiger partial charge in [-0.25, -0.2) is 8.42 Å². The molecule has 0 saturated carbocycles. The van der Waals surface area contributed by atoms with Crippen molar-refractivity contribution in [1.82, 2.24) is 4.47 Å². The minimum absolute atomic E-state index is 0.0211. The highest BCUT2D eigenvalue weighted by Gasteiger charge is 2.32. The summed E-state index contributed by atoms with van der Waals surface area (Å²) in [6.07, 6.45) is 2.50. The number of benzene rings is 1. The van der Waals surface area contributed by atoms with Gasteiger partial charge in [0, 0.05) is 6.54 Å². The topological polar surface area (TPSA) is 134 Å². The molecule has 0 amide bonds. The Morgan fingerprint density at radius 2 is 1.91 bits per heavy atom. The molecule has 1 aliphatic heterocycles. The number of phenols is 1. The molecule has 1 fully saturated rings. The van der Waals surface area contributed by atoms with E-state index in [-0.39, 0.29) is 46.8 Å². The van der Waals surface area contributed by atoms with Crippen molar-refractivity contribution in [3.05, 3.63) is 38.6 Å². The lowest BCUT2D eigenvalue weighted by molar-refractivity contribution is -0.0443. The van der Waals surface area contributed by atoms with E-state index in [0.717, 1.165) is 17.3 Å². The summed E-state index contributed by atoms with van der Waals surface area (Å²) in [5.41, 5.74) is -1.36. The molecule has 2 aromatic carbocycles. The maximum Gasteiger partial charge on any atom is 0.268 e. The largest absolute Gasteiger partial charge is 0.504 e. The fourth-order valence-electron chi connectivity index (χ4n) is 3.89. The average Bonchev–Trinajstić information content (AvgIpc) is 3.20. The van der Waals surface area contributed by atoms with Crippen LogP contribution < -0.4 is 21.5 Å². The molecule has 0 bridgehead atoms. The van der Waals surface area contributed by atoms with Gasteiger partial charge in [-0.3, -0.25) is 14.4 Å². The Bertz CT molecular complexity index is 1140. The summed E-state index contributed by atoms with van der Waals surface area (Å²) in [6, 6.07) is 3.89. The fourth-order valence-corrected chi connectivity index (χ4v) is 5.25.